The molecule has 82 valence electrons. The quantitative estimate of drug-likeness (QED) is 0.807. The molecule has 0 radical (unpaired) electrons. The minimum atomic E-state index is 0.0304. The molecule has 1 amide bonds. The van der Waals surface area contributed by atoms with Gasteiger partial charge in [0.25, 0.3) is 0 Å². The molecule has 1 rings (SSSR count). The van der Waals surface area contributed by atoms with Gasteiger partial charge in [-0.25, -0.2) is 0 Å². The first-order valence-corrected chi connectivity index (χ1v) is 5.78. The molecule has 0 atom stereocenters. The predicted molar refractivity (Wildman–Crippen MR) is 65.9 cm³/mol. The van der Waals surface area contributed by atoms with E-state index < -0.39 is 0 Å². The number of hydrogen-bond donors (Lipinski definition) is 2. The summed E-state index contributed by atoms with van der Waals surface area (Å²) in [5.74, 6) is 0.0304. The summed E-state index contributed by atoms with van der Waals surface area (Å²) in [5, 5.41) is 5.95. The van der Waals surface area contributed by atoms with Gasteiger partial charge in [0.2, 0.25) is 5.91 Å². The fourth-order valence-corrected chi connectivity index (χ4v) is 1.54. The van der Waals surface area contributed by atoms with Gasteiger partial charge in [0, 0.05) is 17.4 Å². The van der Waals surface area contributed by atoms with E-state index in [0.717, 1.165) is 16.7 Å². The van der Waals surface area contributed by atoms with Crippen molar-refractivity contribution in [1.82, 2.24) is 5.32 Å². The average molecular weight is 271 g/mol. The lowest BCUT2D eigenvalue weighted by Crippen LogP contribution is -2.21. The van der Waals surface area contributed by atoms with Crippen LogP contribution in [0.5, 0.6) is 0 Å². The van der Waals surface area contributed by atoms with E-state index in [1.54, 1.807) is 0 Å². The Kier molecular flexibility index (Phi) is 5.36. The molecule has 1 aromatic carbocycles. The summed E-state index contributed by atoms with van der Waals surface area (Å²) in [6.45, 7) is 3.63. The van der Waals surface area contributed by atoms with Crippen LogP contribution in [0.4, 0.5) is 5.69 Å². The van der Waals surface area contributed by atoms with Crippen LogP contribution < -0.4 is 10.6 Å². The first-order valence-electron chi connectivity index (χ1n) is 4.99. The molecule has 0 aliphatic rings. The average Bonchev–Trinajstić information content (AvgIpc) is 2.22. The van der Waals surface area contributed by atoms with Crippen molar-refractivity contribution in [3.05, 3.63) is 28.7 Å². The molecular weight excluding hydrogens is 256 g/mol. The summed E-state index contributed by atoms with van der Waals surface area (Å²) < 4.78 is 0.904. The molecule has 0 saturated carbocycles. The maximum atomic E-state index is 11.5. The van der Waals surface area contributed by atoms with Gasteiger partial charge < -0.3 is 10.6 Å². The van der Waals surface area contributed by atoms with Gasteiger partial charge in [-0.1, -0.05) is 19.1 Å². The third kappa shape index (κ3) is 4.44. The number of nitrogens with one attached hydrogen (secondary N) is 2. The lowest BCUT2D eigenvalue weighted by atomic mass is 10.3. The number of benzene rings is 1. The van der Waals surface area contributed by atoms with Gasteiger partial charge in [-0.3, -0.25) is 4.79 Å². The van der Waals surface area contributed by atoms with Crippen LogP contribution in [-0.4, -0.2) is 19.0 Å². The highest BCUT2D eigenvalue weighted by molar-refractivity contribution is 9.10. The van der Waals surface area contributed by atoms with E-state index in [0.29, 0.717) is 13.0 Å². The van der Waals surface area contributed by atoms with Gasteiger partial charge in [0.1, 0.15) is 0 Å². The zero-order valence-corrected chi connectivity index (χ0v) is 10.3. The van der Waals surface area contributed by atoms with Crippen LogP contribution in [0.1, 0.15) is 13.3 Å². The van der Waals surface area contributed by atoms with E-state index in [-0.39, 0.29) is 5.91 Å². The smallest absolute Gasteiger partial charge is 0.225 e. The van der Waals surface area contributed by atoms with E-state index >= 15 is 0 Å². The van der Waals surface area contributed by atoms with E-state index in [2.05, 4.69) is 26.6 Å². The third-order valence-corrected chi connectivity index (χ3v) is 2.62. The van der Waals surface area contributed by atoms with Crippen molar-refractivity contribution >= 4 is 27.5 Å². The molecular formula is C11H15BrN2O. The number of anilines is 1. The van der Waals surface area contributed by atoms with E-state index in [9.17, 15) is 4.79 Å². The molecule has 15 heavy (non-hydrogen) atoms. The van der Waals surface area contributed by atoms with Crippen molar-refractivity contribution in [2.45, 2.75) is 13.3 Å². The molecule has 0 unspecified atom stereocenters. The fourth-order valence-electron chi connectivity index (χ4n) is 1.15. The van der Waals surface area contributed by atoms with Crippen LogP contribution in [0.3, 0.4) is 0 Å². The molecule has 1 aromatic rings. The van der Waals surface area contributed by atoms with E-state index in [1.807, 2.05) is 31.2 Å². The minimum absolute atomic E-state index is 0.0304. The Bertz CT molecular complexity index is 328. The van der Waals surface area contributed by atoms with Crippen molar-refractivity contribution in [2.75, 3.05) is 18.4 Å². The molecule has 2 N–H and O–H groups in total. The number of hydrogen-bond acceptors (Lipinski definition) is 2. The maximum Gasteiger partial charge on any atom is 0.225 e. The molecule has 0 spiro atoms. The summed E-state index contributed by atoms with van der Waals surface area (Å²) >= 11 is 3.38. The van der Waals surface area contributed by atoms with Gasteiger partial charge in [-0.2, -0.15) is 0 Å². The SMILES string of the molecule is CCNCCC(=O)Nc1ccccc1Br. The van der Waals surface area contributed by atoms with Crippen LogP contribution in [0.25, 0.3) is 0 Å². The molecule has 0 bridgehead atoms. The number of halogens is 1. The Balaban J connectivity index is 2.41. The Morgan fingerprint density at radius 1 is 1.40 bits per heavy atom. The van der Waals surface area contributed by atoms with Crippen molar-refractivity contribution in [3.63, 3.8) is 0 Å². The number of carbonyl (C=O) groups is 1. The first kappa shape index (κ1) is 12.2. The Hall–Kier alpha value is -0.870. The van der Waals surface area contributed by atoms with Crippen molar-refractivity contribution in [1.29, 1.82) is 0 Å². The second-order valence-corrected chi connectivity index (χ2v) is 3.99. The lowest BCUT2D eigenvalue weighted by Gasteiger charge is -2.06. The molecule has 0 heterocycles. The topological polar surface area (TPSA) is 41.1 Å². The summed E-state index contributed by atoms with van der Waals surface area (Å²) in [7, 11) is 0. The van der Waals surface area contributed by atoms with Crippen LogP contribution in [0.15, 0.2) is 28.7 Å². The number of carbonyl (C=O) groups excluding carboxylic acids is 1. The maximum absolute atomic E-state index is 11.5. The van der Waals surface area contributed by atoms with Crippen LogP contribution in [0, 0.1) is 0 Å². The molecule has 3 nitrogen and oxygen atoms in total. The van der Waals surface area contributed by atoms with Gasteiger partial charge in [-0.05, 0) is 34.6 Å². The highest BCUT2D eigenvalue weighted by Gasteiger charge is 2.03. The predicted octanol–water partition coefficient (Wildman–Crippen LogP) is 2.39. The monoisotopic (exact) mass is 270 g/mol. The highest BCUT2D eigenvalue weighted by atomic mass is 79.9. The second-order valence-electron chi connectivity index (χ2n) is 3.13. The highest BCUT2D eigenvalue weighted by Crippen LogP contribution is 2.20. The van der Waals surface area contributed by atoms with Crippen LogP contribution in [0.2, 0.25) is 0 Å². The zero-order valence-electron chi connectivity index (χ0n) is 8.72. The minimum Gasteiger partial charge on any atom is -0.325 e. The van der Waals surface area contributed by atoms with Crippen LogP contribution >= 0.6 is 15.9 Å². The molecule has 0 fully saturated rings. The van der Waals surface area contributed by atoms with E-state index in [4.69, 9.17) is 0 Å². The fraction of sp³-hybridized carbons (Fsp3) is 0.364. The summed E-state index contributed by atoms with van der Waals surface area (Å²) in [4.78, 5) is 11.5. The molecule has 0 aromatic heterocycles. The Morgan fingerprint density at radius 2 is 2.13 bits per heavy atom. The standard InChI is InChI=1S/C11H15BrN2O/c1-2-13-8-7-11(15)14-10-6-4-3-5-9(10)12/h3-6,13H,2,7-8H2,1H3,(H,14,15). The van der Waals surface area contributed by atoms with Gasteiger partial charge in [0.15, 0.2) is 0 Å². The van der Waals surface area contributed by atoms with E-state index in [1.165, 1.54) is 0 Å². The molecule has 0 saturated heterocycles. The second kappa shape index (κ2) is 6.58. The summed E-state index contributed by atoms with van der Waals surface area (Å²) in [6.07, 6.45) is 0.495. The van der Waals surface area contributed by atoms with Gasteiger partial charge >= 0.3 is 0 Å². The molecule has 4 heteroatoms. The largest absolute Gasteiger partial charge is 0.325 e. The first-order chi connectivity index (χ1) is 7.24. The Morgan fingerprint density at radius 3 is 2.80 bits per heavy atom. The van der Waals surface area contributed by atoms with Crippen molar-refractivity contribution in [3.8, 4) is 0 Å². The molecule has 0 aliphatic heterocycles. The third-order valence-electron chi connectivity index (χ3n) is 1.93. The Labute approximate surface area is 98.4 Å². The molecule has 0 aliphatic carbocycles. The normalized spacial score (nSPS) is 10.0. The number of para-hydroxylation sites is 1. The van der Waals surface area contributed by atoms with Crippen LogP contribution in [-0.2, 0) is 4.79 Å². The van der Waals surface area contributed by atoms with Crippen molar-refractivity contribution < 1.29 is 4.79 Å². The summed E-state index contributed by atoms with van der Waals surface area (Å²) in [6, 6.07) is 7.58. The lowest BCUT2D eigenvalue weighted by molar-refractivity contribution is -0.116. The summed E-state index contributed by atoms with van der Waals surface area (Å²) in [5.41, 5.74) is 0.819. The van der Waals surface area contributed by atoms with Gasteiger partial charge in [-0.15, -0.1) is 0 Å². The van der Waals surface area contributed by atoms with Crippen molar-refractivity contribution in [2.24, 2.45) is 0 Å². The number of amides is 1. The number of rotatable bonds is 5. The zero-order chi connectivity index (χ0) is 11.1. The van der Waals surface area contributed by atoms with Gasteiger partial charge in [0.05, 0.1) is 5.69 Å².